The molecule has 12 nitrogen and oxygen atoms in total. The van der Waals surface area contributed by atoms with Crippen LogP contribution in [0.4, 0.5) is 9.59 Å². The number of ether oxygens (including phenoxy) is 3. The third kappa shape index (κ3) is 8.07. The summed E-state index contributed by atoms with van der Waals surface area (Å²) >= 11 is 0. The van der Waals surface area contributed by atoms with Gasteiger partial charge in [-0.05, 0) is 36.5 Å². The fourth-order valence-corrected chi connectivity index (χ4v) is 4.12. The first kappa shape index (κ1) is 30.7. The molecule has 0 radical (unpaired) electrons. The van der Waals surface area contributed by atoms with E-state index in [0.717, 1.165) is 17.4 Å². The zero-order valence-corrected chi connectivity index (χ0v) is 22.8. The SMILES string of the molecule is CC(=O)N1C(=O)OC(=O)[C@@H]1CCC(=O)OCc1ccccc1.CC(C)C[C@H]1C(=O)OC(=O)N1C(=O)c1ccccc1. The van der Waals surface area contributed by atoms with Gasteiger partial charge in [-0.25, -0.2) is 29.0 Å². The van der Waals surface area contributed by atoms with Crippen LogP contribution in [0.1, 0.15) is 56.0 Å². The van der Waals surface area contributed by atoms with Gasteiger partial charge in [-0.2, -0.15) is 0 Å². The summed E-state index contributed by atoms with van der Waals surface area (Å²) in [6, 6.07) is 15.6. The minimum atomic E-state index is -1.06. The van der Waals surface area contributed by atoms with E-state index in [-0.39, 0.29) is 25.4 Å². The van der Waals surface area contributed by atoms with Gasteiger partial charge in [-0.15, -0.1) is 0 Å². The molecule has 2 saturated heterocycles. The minimum absolute atomic E-state index is 0.0161. The van der Waals surface area contributed by atoms with Gasteiger partial charge in [0.05, 0.1) is 0 Å². The fraction of sp³-hybridized carbons (Fsp3) is 0.345. The van der Waals surface area contributed by atoms with Crippen molar-refractivity contribution >= 4 is 41.9 Å². The van der Waals surface area contributed by atoms with E-state index in [9.17, 15) is 33.6 Å². The first-order valence-electron chi connectivity index (χ1n) is 12.9. The number of rotatable bonds is 8. The molecule has 0 saturated carbocycles. The van der Waals surface area contributed by atoms with E-state index in [1.807, 2.05) is 44.2 Å². The molecule has 2 heterocycles. The average Bonchev–Trinajstić information content (AvgIpc) is 3.39. The van der Waals surface area contributed by atoms with Gasteiger partial charge in [0.1, 0.15) is 18.7 Å². The Bertz CT molecular complexity index is 1310. The van der Waals surface area contributed by atoms with Crippen LogP contribution in [0.5, 0.6) is 0 Å². The lowest BCUT2D eigenvalue weighted by Crippen LogP contribution is -2.40. The van der Waals surface area contributed by atoms with Crippen LogP contribution in [0.25, 0.3) is 0 Å². The molecule has 0 unspecified atom stereocenters. The maximum atomic E-state index is 12.3. The van der Waals surface area contributed by atoms with Crippen LogP contribution >= 0.6 is 0 Å². The predicted molar refractivity (Wildman–Crippen MR) is 141 cm³/mol. The van der Waals surface area contributed by atoms with Crippen molar-refractivity contribution in [1.29, 1.82) is 0 Å². The maximum absolute atomic E-state index is 12.3. The van der Waals surface area contributed by atoms with Gasteiger partial charge in [-0.1, -0.05) is 62.4 Å². The number of imide groups is 2. The zero-order chi connectivity index (χ0) is 30.1. The van der Waals surface area contributed by atoms with Gasteiger partial charge in [0, 0.05) is 18.9 Å². The molecule has 41 heavy (non-hydrogen) atoms. The smallest absolute Gasteiger partial charge is 0.425 e. The standard InChI is InChI=1S/C15H15NO6.C14H15NO4/c1-10(17)16-12(14(19)22-15(16)20)7-8-13(18)21-9-11-5-3-2-4-6-11;1-9(2)8-11-13(17)19-14(18)15(11)12(16)10-6-4-3-5-7-10/h2-6,12H,7-9H2,1H3;3-7,9,11H,8H2,1-2H3/t12-;11-/m00/s1. The minimum Gasteiger partial charge on any atom is -0.461 e. The number of hydrogen-bond donors (Lipinski definition) is 0. The van der Waals surface area contributed by atoms with Crippen molar-refractivity contribution in [2.24, 2.45) is 5.92 Å². The highest BCUT2D eigenvalue weighted by Crippen LogP contribution is 2.23. The number of hydrogen-bond acceptors (Lipinski definition) is 10. The number of esters is 3. The summed E-state index contributed by atoms with van der Waals surface area (Å²) in [7, 11) is 0. The summed E-state index contributed by atoms with van der Waals surface area (Å²) in [6.07, 6.45) is -1.59. The van der Waals surface area contributed by atoms with Crippen LogP contribution in [0.2, 0.25) is 0 Å². The Labute approximate surface area is 236 Å². The van der Waals surface area contributed by atoms with Gasteiger partial charge in [0.25, 0.3) is 5.91 Å². The third-order valence-corrected chi connectivity index (χ3v) is 6.07. The van der Waals surface area contributed by atoms with Crippen molar-refractivity contribution in [1.82, 2.24) is 9.80 Å². The molecule has 4 rings (SSSR count). The van der Waals surface area contributed by atoms with Crippen molar-refractivity contribution in [3.05, 3.63) is 71.8 Å². The molecule has 12 heteroatoms. The molecule has 2 fully saturated rings. The van der Waals surface area contributed by atoms with Crippen LogP contribution in [0.3, 0.4) is 0 Å². The number of cyclic esters (lactones) is 4. The first-order valence-corrected chi connectivity index (χ1v) is 12.9. The van der Waals surface area contributed by atoms with E-state index in [4.69, 9.17) is 4.74 Å². The van der Waals surface area contributed by atoms with E-state index in [1.54, 1.807) is 30.3 Å². The maximum Gasteiger partial charge on any atom is 0.425 e. The number of carbonyl (C=O) groups is 7. The van der Waals surface area contributed by atoms with Gasteiger partial charge in [0.2, 0.25) is 5.91 Å². The number of nitrogens with zero attached hydrogens (tertiary/aromatic N) is 2. The highest BCUT2D eigenvalue weighted by molar-refractivity contribution is 6.11. The first-order chi connectivity index (χ1) is 19.5. The van der Waals surface area contributed by atoms with Crippen molar-refractivity contribution in [3.8, 4) is 0 Å². The van der Waals surface area contributed by atoms with Crippen molar-refractivity contribution in [2.75, 3.05) is 0 Å². The summed E-state index contributed by atoms with van der Waals surface area (Å²) in [6.45, 7) is 5.12. The lowest BCUT2D eigenvalue weighted by molar-refractivity contribution is -0.146. The van der Waals surface area contributed by atoms with Gasteiger partial charge in [0.15, 0.2) is 0 Å². The largest absolute Gasteiger partial charge is 0.461 e. The number of amides is 4. The van der Waals surface area contributed by atoms with Gasteiger partial charge >= 0.3 is 30.1 Å². The second-order valence-electron chi connectivity index (χ2n) is 9.65. The quantitative estimate of drug-likeness (QED) is 0.263. The van der Waals surface area contributed by atoms with E-state index < -0.39 is 54.0 Å². The molecule has 2 atom stereocenters. The molecule has 0 aromatic heterocycles. The van der Waals surface area contributed by atoms with Crippen LogP contribution in [-0.4, -0.2) is 63.8 Å². The summed E-state index contributed by atoms with van der Waals surface area (Å²) in [4.78, 5) is 83.0. The lowest BCUT2D eigenvalue weighted by Gasteiger charge is -2.19. The third-order valence-electron chi connectivity index (χ3n) is 6.07. The Kier molecular flexibility index (Phi) is 10.4. The van der Waals surface area contributed by atoms with Crippen molar-refractivity contribution in [3.63, 3.8) is 0 Å². The molecule has 0 bridgehead atoms. The zero-order valence-electron chi connectivity index (χ0n) is 22.8. The Morgan fingerprint density at radius 1 is 0.805 bits per heavy atom. The Hall–Kier alpha value is -4.87. The fourth-order valence-electron chi connectivity index (χ4n) is 4.12. The molecule has 2 aliphatic rings. The lowest BCUT2D eigenvalue weighted by atomic mass is 10.0. The summed E-state index contributed by atoms with van der Waals surface area (Å²) in [5.41, 5.74) is 1.21. The molecule has 0 spiro atoms. The summed E-state index contributed by atoms with van der Waals surface area (Å²) < 4.78 is 14.0. The molecule has 4 amide bonds. The number of benzene rings is 2. The highest BCUT2D eigenvalue weighted by atomic mass is 16.6. The Morgan fingerprint density at radius 2 is 1.34 bits per heavy atom. The average molecular weight is 567 g/mol. The van der Waals surface area contributed by atoms with Crippen LogP contribution in [0.15, 0.2) is 60.7 Å². The highest BCUT2D eigenvalue weighted by Gasteiger charge is 2.45. The second kappa shape index (κ2) is 14.0. The summed E-state index contributed by atoms with van der Waals surface area (Å²) in [5.74, 6) is -2.91. The predicted octanol–water partition coefficient (Wildman–Crippen LogP) is 3.62. The molecule has 0 aliphatic carbocycles. The summed E-state index contributed by atoms with van der Waals surface area (Å²) in [5, 5.41) is 0. The van der Waals surface area contributed by atoms with E-state index >= 15 is 0 Å². The van der Waals surface area contributed by atoms with E-state index in [0.29, 0.717) is 16.9 Å². The molecule has 2 aliphatic heterocycles. The molecule has 216 valence electrons. The normalized spacial score (nSPS) is 18.0. The Morgan fingerprint density at radius 3 is 1.90 bits per heavy atom. The van der Waals surface area contributed by atoms with Crippen molar-refractivity contribution < 1.29 is 47.8 Å². The van der Waals surface area contributed by atoms with E-state index in [1.165, 1.54) is 0 Å². The van der Waals surface area contributed by atoms with Crippen LogP contribution in [-0.2, 0) is 40.0 Å². The van der Waals surface area contributed by atoms with Crippen molar-refractivity contribution in [2.45, 2.75) is 58.7 Å². The van der Waals surface area contributed by atoms with E-state index in [2.05, 4.69) is 9.47 Å². The molecule has 2 aromatic carbocycles. The van der Waals surface area contributed by atoms with Gasteiger partial charge < -0.3 is 14.2 Å². The molecular weight excluding hydrogens is 536 g/mol. The van der Waals surface area contributed by atoms with Gasteiger partial charge in [-0.3, -0.25) is 14.4 Å². The second-order valence-corrected chi connectivity index (χ2v) is 9.65. The molecular formula is C29H30N2O10. The monoisotopic (exact) mass is 566 g/mol. The van der Waals surface area contributed by atoms with Crippen LogP contribution in [0, 0.1) is 5.92 Å². The Balaban J connectivity index is 0.000000228. The molecule has 2 aromatic rings. The molecule has 0 N–H and O–H groups in total. The number of carbonyl (C=O) groups excluding carboxylic acids is 7. The topological polar surface area (TPSA) is 154 Å². The van der Waals surface area contributed by atoms with Crippen LogP contribution < -0.4 is 0 Å².